The van der Waals surface area contributed by atoms with Gasteiger partial charge in [0.1, 0.15) is 0 Å². The van der Waals surface area contributed by atoms with E-state index in [0.29, 0.717) is 13.0 Å². The highest BCUT2D eigenvalue weighted by molar-refractivity contribution is 7.89. The lowest BCUT2D eigenvalue weighted by atomic mass is 9.98. The molecule has 1 heterocycles. The molecule has 2 aromatic rings. The summed E-state index contributed by atoms with van der Waals surface area (Å²) in [4.78, 5) is 14.2. The van der Waals surface area contributed by atoms with Crippen molar-refractivity contribution in [2.75, 3.05) is 11.4 Å². The highest BCUT2D eigenvalue weighted by Gasteiger charge is 2.32. The number of nitrogens with two attached hydrogens (primary N) is 1. The average Bonchev–Trinajstić information content (AvgIpc) is 2.89. The summed E-state index contributed by atoms with van der Waals surface area (Å²) in [5.74, 6) is 0.200. The van der Waals surface area contributed by atoms with Gasteiger partial charge in [0.25, 0.3) is 0 Å². The van der Waals surface area contributed by atoms with Gasteiger partial charge in [0.15, 0.2) is 0 Å². The van der Waals surface area contributed by atoms with E-state index < -0.39 is 10.0 Å². The first-order valence-corrected chi connectivity index (χ1v) is 8.89. The third-order valence-electron chi connectivity index (χ3n) is 4.18. The fourth-order valence-corrected chi connectivity index (χ4v) is 3.60. The smallest absolute Gasteiger partial charge is 0.238 e. The molecule has 0 bridgehead atoms. The molecule has 1 unspecified atom stereocenters. The average molecular weight is 330 g/mol. The van der Waals surface area contributed by atoms with Crippen molar-refractivity contribution < 1.29 is 13.2 Å². The third kappa shape index (κ3) is 3.13. The Bertz CT molecular complexity index is 847. The van der Waals surface area contributed by atoms with E-state index in [9.17, 15) is 13.2 Å². The fourth-order valence-electron chi connectivity index (χ4n) is 3.00. The molecule has 2 N–H and O–H groups in total. The van der Waals surface area contributed by atoms with Crippen LogP contribution in [0.1, 0.15) is 23.5 Å². The Balaban J connectivity index is 1.89. The van der Waals surface area contributed by atoms with Gasteiger partial charge in [-0.05, 0) is 36.2 Å². The maximum absolute atomic E-state index is 12.4. The van der Waals surface area contributed by atoms with E-state index in [1.165, 1.54) is 12.1 Å². The molecule has 1 aliphatic rings. The van der Waals surface area contributed by atoms with Gasteiger partial charge in [0.2, 0.25) is 15.9 Å². The van der Waals surface area contributed by atoms with Crippen LogP contribution >= 0.6 is 0 Å². The van der Waals surface area contributed by atoms with Gasteiger partial charge >= 0.3 is 0 Å². The Morgan fingerprint density at radius 3 is 2.43 bits per heavy atom. The SMILES string of the molecule is Cc1cc(S(N)(=O)=O)ccc1N1CC(c2ccccc2)CC1=O. The molecule has 5 nitrogen and oxygen atoms in total. The van der Waals surface area contributed by atoms with Gasteiger partial charge in [0.05, 0.1) is 4.90 Å². The van der Waals surface area contributed by atoms with Gasteiger partial charge < -0.3 is 4.90 Å². The summed E-state index contributed by atoms with van der Waals surface area (Å²) in [6.45, 7) is 2.38. The second kappa shape index (κ2) is 5.79. The number of hydrogen-bond acceptors (Lipinski definition) is 3. The molecule has 0 spiro atoms. The highest BCUT2D eigenvalue weighted by Crippen LogP contribution is 2.33. The van der Waals surface area contributed by atoms with Crippen LogP contribution in [-0.2, 0) is 14.8 Å². The highest BCUT2D eigenvalue weighted by atomic mass is 32.2. The van der Waals surface area contributed by atoms with Crippen LogP contribution in [0.15, 0.2) is 53.4 Å². The molecule has 23 heavy (non-hydrogen) atoms. The first-order chi connectivity index (χ1) is 10.9. The third-order valence-corrected chi connectivity index (χ3v) is 5.09. The molecule has 0 radical (unpaired) electrons. The van der Waals surface area contributed by atoms with Crippen molar-refractivity contribution in [2.45, 2.75) is 24.2 Å². The largest absolute Gasteiger partial charge is 0.312 e. The second-order valence-electron chi connectivity index (χ2n) is 5.81. The summed E-state index contributed by atoms with van der Waals surface area (Å²) in [6.07, 6.45) is 0.459. The van der Waals surface area contributed by atoms with Crippen molar-refractivity contribution in [3.05, 3.63) is 59.7 Å². The van der Waals surface area contributed by atoms with Crippen LogP contribution in [0.4, 0.5) is 5.69 Å². The van der Waals surface area contributed by atoms with Crippen molar-refractivity contribution in [1.82, 2.24) is 0 Å². The van der Waals surface area contributed by atoms with Gasteiger partial charge in [-0.2, -0.15) is 0 Å². The topological polar surface area (TPSA) is 80.5 Å². The molecule has 1 amide bonds. The summed E-state index contributed by atoms with van der Waals surface area (Å²) >= 11 is 0. The van der Waals surface area contributed by atoms with Gasteiger partial charge in [-0.15, -0.1) is 0 Å². The normalized spacial score (nSPS) is 18.4. The number of carbonyl (C=O) groups excluding carboxylic acids is 1. The van der Waals surface area contributed by atoms with Gasteiger partial charge in [-0.1, -0.05) is 30.3 Å². The lowest BCUT2D eigenvalue weighted by Crippen LogP contribution is -2.25. The molecule has 1 atom stereocenters. The Labute approximate surface area is 135 Å². The molecular formula is C17H18N2O3S. The molecule has 0 aliphatic carbocycles. The minimum Gasteiger partial charge on any atom is -0.312 e. The summed E-state index contributed by atoms with van der Waals surface area (Å²) in [5.41, 5.74) is 2.60. The van der Waals surface area contributed by atoms with E-state index in [4.69, 9.17) is 5.14 Å². The van der Waals surface area contributed by atoms with E-state index in [1.807, 2.05) is 30.3 Å². The monoisotopic (exact) mass is 330 g/mol. The number of hydrogen-bond donors (Lipinski definition) is 1. The predicted molar refractivity (Wildman–Crippen MR) is 88.7 cm³/mol. The molecule has 1 saturated heterocycles. The van der Waals surface area contributed by atoms with Gasteiger partial charge in [-0.25, -0.2) is 13.6 Å². The van der Waals surface area contributed by atoms with Crippen LogP contribution in [0, 0.1) is 6.92 Å². The number of sulfonamides is 1. The number of anilines is 1. The lowest BCUT2D eigenvalue weighted by Gasteiger charge is -2.20. The summed E-state index contributed by atoms with van der Waals surface area (Å²) < 4.78 is 22.8. The van der Waals surface area contributed by atoms with Crippen LogP contribution in [0.3, 0.4) is 0 Å². The number of rotatable bonds is 3. The summed E-state index contributed by atoms with van der Waals surface area (Å²) in [5, 5.41) is 5.15. The van der Waals surface area contributed by atoms with Crippen LogP contribution in [-0.4, -0.2) is 20.9 Å². The Kier molecular flexibility index (Phi) is 3.95. The van der Waals surface area contributed by atoms with E-state index >= 15 is 0 Å². The van der Waals surface area contributed by atoms with Crippen LogP contribution in [0.25, 0.3) is 0 Å². The Morgan fingerprint density at radius 2 is 1.83 bits per heavy atom. The lowest BCUT2D eigenvalue weighted by molar-refractivity contribution is -0.117. The number of primary sulfonamides is 1. The minimum atomic E-state index is -3.74. The molecule has 3 rings (SSSR count). The van der Waals surface area contributed by atoms with Gasteiger partial charge in [0, 0.05) is 24.6 Å². The quantitative estimate of drug-likeness (QED) is 0.936. The minimum absolute atomic E-state index is 0.0466. The van der Waals surface area contributed by atoms with Crippen molar-refractivity contribution in [3.8, 4) is 0 Å². The van der Waals surface area contributed by atoms with E-state index in [1.54, 1.807) is 17.9 Å². The number of nitrogens with zero attached hydrogens (tertiary/aromatic N) is 1. The maximum atomic E-state index is 12.4. The molecule has 6 heteroatoms. The molecule has 1 aliphatic heterocycles. The Morgan fingerprint density at radius 1 is 1.13 bits per heavy atom. The summed E-state index contributed by atoms with van der Waals surface area (Å²) in [7, 11) is -3.74. The van der Waals surface area contributed by atoms with Crippen molar-refractivity contribution in [3.63, 3.8) is 0 Å². The first kappa shape index (κ1) is 15.7. The first-order valence-electron chi connectivity index (χ1n) is 7.35. The van der Waals surface area contributed by atoms with Crippen LogP contribution in [0.5, 0.6) is 0 Å². The van der Waals surface area contributed by atoms with Crippen LogP contribution in [0.2, 0.25) is 0 Å². The van der Waals surface area contributed by atoms with Crippen molar-refractivity contribution in [1.29, 1.82) is 0 Å². The second-order valence-corrected chi connectivity index (χ2v) is 7.37. The Hall–Kier alpha value is -2.18. The molecule has 2 aromatic carbocycles. The zero-order chi connectivity index (χ0) is 16.6. The molecule has 0 aromatic heterocycles. The van der Waals surface area contributed by atoms with Crippen molar-refractivity contribution >= 4 is 21.6 Å². The number of benzene rings is 2. The molecular weight excluding hydrogens is 312 g/mol. The number of aryl methyl sites for hydroxylation is 1. The molecule has 120 valence electrons. The maximum Gasteiger partial charge on any atom is 0.238 e. The zero-order valence-corrected chi connectivity index (χ0v) is 13.6. The van der Waals surface area contributed by atoms with E-state index in [2.05, 4.69) is 0 Å². The predicted octanol–water partition coefficient (Wildman–Crippen LogP) is 2.16. The number of carbonyl (C=O) groups is 1. The number of amides is 1. The van der Waals surface area contributed by atoms with Crippen molar-refractivity contribution in [2.24, 2.45) is 5.14 Å². The zero-order valence-electron chi connectivity index (χ0n) is 12.8. The van der Waals surface area contributed by atoms with Gasteiger partial charge in [-0.3, -0.25) is 4.79 Å². The summed E-state index contributed by atoms with van der Waals surface area (Å²) in [6, 6.07) is 14.5. The van der Waals surface area contributed by atoms with E-state index in [0.717, 1.165) is 16.8 Å². The molecule has 0 saturated carbocycles. The standard InChI is InChI=1S/C17H18N2O3S/c1-12-9-15(23(18,21)22)7-8-16(12)19-11-14(10-17(19)20)13-5-3-2-4-6-13/h2-9,14H,10-11H2,1H3,(H2,18,21,22). The van der Waals surface area contributed by atoms with E-state index in [-0.39, 0.29) is 16.7 Å². The van der Waals surface area contributed by atoms with Crippen LogP contribution < -0.4 is 10.0 Å². The fraction of sp³-hybridized carbons (Fsp3) is 0.235. The molecule has 1 fully saturated rings.